The molecule has 2 aromatic rings. The number of nitrogens with one attached hydrogen (secondary N) is 2. The van der Waals surface area contributed by atoms with Crippen molar-refractivity contribution in [1.82, 2.24) is 5.32 Å². The molecule has 0 saturated heterocycles. The Morgan fingerprint density at radius 3 is 2.23 bits per heavy atom. The molecule has 138 valence electrons. The highest BCUT2D eigenvalue weighted by molar-refractivity contribution is 7.91. The molecule has 0 bridgehead atoms. The lowest BCUT2D eigenvalue weighted by Gasteiger charge is -2.13. The lowest BCUT2D eigenvalue weighted by molar-refractivity contribution is -0.115. The quantitative estimate of drug-likeness (QED) is 0.779. The van der Waals surface area contributed by atoms with E-state index in [0.717, 1.165) is 0 Å². The maximum atomic E-state index is 12.2. The van der Waals surface area contributed by atoms with E-state index < -0.39 is 15.7 Å². The minimum absolute atomic E-state index is 0.0396. The molecule has 0 aromatic heterocycles. The van der Waals surface area contributed by atoms with Gasteiger partial charge in [0.05, 0.1) is 21.9 Å². The summed E-state index contributed by atoms with van der Waals surface area (Å²) >= 11 is 0. The predicted molar refractivity (Wildman–Crippen MR) is 101 cm³/mol. The Labute approximate surface area is 153 Å². The summed E-state index contributed by atoms with van der Waals surface area (Å²) in [6.07, 6.45) is -0.197. The highest BCUT2D eigenvalue weighted by Crippen LogP contribution is 2.16. The fraction of sp³-hybridized carbons (Fsp3) is 0.263. The van der Waals surface area contributed by atoms with E-state index in [1.54, 1.807) is 42.5 Å². The third-order valence-corrected chi connectivity index (χ3v) is 5.30. The van der Waals surface area contributed by atoms with Gasteiger partial charge in [-0.1, -0.05) is 30.3 Å². The first-order valence-corrected chi connectivity index (χ1v) is 9.92. The van der Waals surface area contributed by atoms with E-state index in [1.807, 2.05) is 13.8 Å². The van der Waals surface area contributed by atoms with E-state index in [-0.39, 0.29) is 29.0 Å². The van der Waals surface area contributed by atoms with Gasteiger partial charge >= 0.3 is 0 Å². The monoisotopic (exact) mass is 374 g/mol. The molecule has 2 N–H and O–H groups in total. The molecular formula is C19H22N2O4S. The van der Waals surface area contributed by atoms with Crippen molar-refractivity contribution in [2.75, 3.05) is 11.1 Å². The van der Waals surface area contributed by atoms with Crippen LogP contribution in [0.1, 0.15) is 30.6 Å². The van der Waals surface area contributed by atoms with E-state index in [9.17, 15) is 18.0 Å². The smallest absolute Gasteiger partial charge is 0.253 e. The minimum atomic E-state index is -3.53. The third-order valence-electron chi connectivity index (χ3n) is 3.57. The molecule has 0 radical (unpaired) electrons. The van der Waals surface area contributed by atoms with Gasteiger partial charge in [-0.15, -0.1) is 0 Å². The summed E-state index contributed by atoms with van der Waals surface area (Å²) in [6, 6.07) is 14.6. The van der Waals surface area contributed by atoms with Gasteiger partial charge in [-0.3, -0.25) is 9.59 Å². The molecule has 2 amide bonds. The number of rotatable bonds is 7. The number of amides is 2. The van der Waals surface area contributed by atoms with Crippen molar-refractivity contribution >= 4 is 27.3 Å². The van der Waals surface area contributed by atoms with Crippen LogP contribution in [0.15, 0.2) is 59.5 Å². The summed E-state index contributed by atoms with van der Waals surface area (Å²) in [7, 11) is -3.53. The van der Waals surface area contributed by atoms with Crippen molar-refractivity contribution in [3.63, 3.8) is 0 Å². The van der Waals surface area contributed by atoms with Crippen molar-refractivity contribution < 1.29 is 18.0 Å². The topological polar surface area (TPSA) is 92.3 Å². The van der Waals surface area contributed by atoms with Crippen LogP contribution in [0.4, 0.5) is 5.69 Å². The van der Waals surface area contributed by atoms with Gasteiger partial charge in [0.1, 0.15) is 0 Å². The first-order valence-electron chi connectivity index (χ1n) is 8.27. The van der Waals surface area contributed by atoms with Crippen LogP contribution in [-0.4, -0.2) is 32.0 Å². The van der Waals surface area contributed by atoms with E-state index in [4.69, 9.17) is 0 Å². The molecule has 0 fully saturated rings. The zero-order valence-corrected chi connectivity index (χ0v) is 15.5. The fourth-order valence-electron chi connectivity index (χ4n) is 2.32. The maximum Gasteiger partial charge on any atom is 0.253 e. The molecule has 0 aliphatic rings. The molecule has 2 rings (SSSR count). The number of carbonyl (C=O) groups excluding carboxylic acids is 2. The number of sulfone groups is 1. The van der Waals surface area contributed by atoms with E-state index >= 15 is 0 Å². The van der Waals surface area contributed by atoms with Gasteiger partial charge < -0.3 is 10.6 Å². The number of para-hydroxylation sites is 1. The van der Waals surface area contributed by atoms with Gasteiger partial charge in [-0.05, 0) is 38.1 Å². The van der Waals surface area contributed by atoms with Gasteiger partial charge in [0.15, 0.2) is 9.84 Å². The second-order valence-corrected chi connectivity index (χ2v) is 8.21. The number of carbonyl (C=O) groups is 2. The molecule has 0 saturated carbocycles. The van der Waals surface area contributed by atoms with Crippen molar-refractivity contribution in [2.45, 2.75) is 31.2 Å². The molecule has 26 heavy (non-hydrogen) atoms. The SMILES string of the molecule is CC(C)NC(=O)c1ccccc1NC(=O)CCS(=O)(=O)c1ccccc1. The average Bonchev–Trinajstić information content (AvgIpc) is 2.61. The van der Waals surface area contributed by atoms with Gasteiger partial charge in [0, 0.05) is 12.5 Å². The van der Waals surface area contributed by atoms with Crippen LogP contribution in [0, 0.1) is 0 Å². The molecule has 0 spiro atoms. The second-order valence-electron chi connectivity index (χ2n) is 6.10. The number of hydrogen-bond donors (Lipinski definition) is 2. The molecule has 7 heteroatoms. The fourth-order valence-corrected chi connectivity index (χ4v) is 3.58. The van der Waals surface area contributed by atoms with Gasteiger partial charge in [-0.25, -0.2) is 8.42 Å². The summed E-state index contributed by atoms with van der Waals surface area (Å²) in [4.78, 5) is 24.6. The van der Waals surface area contributed by atoms with Crippen molar-refractivity contribution in [3.05, 3.63) is 60.2 Å². The highest BCUT2D eigenvalue weighted by Gasteiger charge is 2.18. The van der Waals surface area contributed by atoms with Gasteiger partial charge in [0.25, 0.3) is 5.91 Å². The highest BCUT2D eigenvalue weighted by atomic mass is 32.2. The largest absolute Gasteiger partial charge is 0.350 e. The Morgan fingerprint density at radius 2 is 1.58 bits per heavy atom. The van der Waals surface area contributed by atoms with Crippen molar-refractivity contribution in [3.8, 4) is 0 Å². The van der Waals surface area contributed by atoms with Gasteiger partial charge in [0.2, 0.25) is 5.91 Å². The Balaban J connectivity index is 2.04. The predicted octanol–water partition coefficient (Wildman–Crippen LogP) is 2.63. The number of benzene rings is 2. The molecule has 0 aliphatic carbocycles. The van der Waals surface area contributed by atoms with Crippen molar-refractivity contribution in [1.29, 1.82) is 0 Å². The van der Waals surface area contributed by atoms with Crippen LogP contribution in [-0.2, 0) is 14.6 Å². The molecule has 0 heterocycles. The van der Waals surface area contributed by atoms with E-state index in [2.05, 4.69) is 10.6 Å². The lowest BCUT2D eigenvalue weighted by Crippen LogP contribution is -2.31. The summed E-state index contributed by atoms with van der Waals surface area (Å²) in [6.45, 7) is 3.68. The summed E-state index contributed by atoms with van der Waals surface area (Å²) < 4.78 is 24.5. The van der Waals surface area contributed by atoms with Crippen LogP contribution in [0.2, 0.25) is 0 Å². The van der Waals surface area contributed by atoms with Crippen LogP contribution in [0.25, 0.3) is 0 Å². The van der Waals surface area contributed by atoms with Gasteiger partial charge in [-0.2, -0.15) is 0 Å². The first kappa shape index (κ1) is 19.7. The second kappa shape index (κ2) is 8.62. The molecule has 2 aromatic carbocycles. The Bertz CT molecular complexity index is 877. The van der Waals surface area contributed by atoms with E-state index in [0.29, 0.717) is 11.3 Å². The average molecular weight is 374 g/mol. The molecular weight excluding hydrogens is 352 g/mol. The summed E-state index contributed by atoms with van der Waals surface area (Å²) in [5.41, 5.74) is 0.688. The zero-order chi connectivity index (χ0) is 19.2. The van der Waals surface area contributed by atoms with Crippen molar-refractivity contribution in [2.24, 2.45) is 0 Å². The van der Waals surface area contributed by atoms with Crippen LogP contribution in [0.5, 0.6) is 0 Å². The number of anilines is 1. The normalized spacial score (nSPS) is 11.2. The zero-order valence-electron chi connectivity index (χ0n) is 14.7. The number of hydrogen-bond acceptors (Lipinski definition) is 4. The molecule has 0 aliphatic heterocycles. The Hall–Kier alpha value is -2.67. The van der Waals surface area contributed by atoms with Crippen LogP contribution < -0.4 is 10.6 Å². The van der Waals surface area contributed by atoms with Crippen LogP contribution in [0.3, 0.4) is 0 Å². The first-order chi connectivity index (χ1) is 12.3. The minimum Gasteiger partial charge on any atom is -0.350 e. The summed E-state index contributed by atoms with van der Waals surface area (Å²) in [5.74, 6) is -1.06. The summed E-state index contributed by atoms with van der Waals surface area (Å²) in [5, 5.41) is 5.39. The molecule has 0 atom stereocenters. The molecule has 0 unspecified atom stereocenters. The standard InChI is InChI=1S/C19H22N2O4S/c1-14(2)20-19(23)16-10-6-7-11-17(16)21-18(22)12-13-26(24,25)15-8-4-3-5-9-15/h3-11,14H,12-13H2,1-2H3,(H,20,23)(H,21,22). The maximum absolute atomic E-state index is 12.2. The Morgan fingerprint density at radius 1 is 0.962 bits per heavy atom. The van der Waals surface area contributed by atoms with E-state index in [1.165, 1.54) is 12.1 Å². The third kappa shape index (κ3) is 5.42. The Kier molecular flexibility index (Phi) is 6.52. The molecule has 6 nitrogen and oxygen atoms in total. The lowest BCUT2D eigenvalue weighted by atomic mass is 10.1. The van der Waals surface area contributed by atoms with Crippen LogP contribution >= 0.6 is 0 Å².